The highest BCUT2D eigenvalue weighted by Crippen LogP contribution is 2.38. The average Bonchev–Trinajstić information content (AvgIpc) is 1.53. The van der Waals surface area contributed by atoms with E-state index in [1.807, 2.05) is 190 Å². The second-order valence-corrected chi connectivity index (χ2v) is 34.6. The molecule has 0 radical (unpaired) electrons. The lowest BCUT2D eigenvalue weighted by molar-refractivity contribution is -0.137. The number of benzene rings is 7. The van der Waals surface area contributed by atoms with Crippen LogP contribution < -0.4 is 19.6 Å². The van der Waals surface area contributed by atoms with Gasteiger partial charge in [0.2, 0.25) is 40.8 Å². The minimum atomic E-state index is -4.57. The molecule has 2 aliphatic heterocycles. The van der Waals surface area contributed by atoms with Gasteiger partial charge in [-0.1, -0.05) is 81.1 Å². The molecule has 38 heteroatoms. The number of rotatable bonds is 18. The van der Waals surface area contributed by atoms with Crippen molar-refractivity contribution in [3.05, 3.63) is 357 Å². The topological polar surface area (TPSA) is 423 Å². The highest BCUT2D eigenvalue weighted by Gasteiger charge is 2.33. The molecule has 0 saturated carbocycles. The molecule has 21 aromatic rings. The van der Waals surface area contributed by atoms with Crippen molar-refractivity contribution in [3.8, 4) is 172 Å². The van der Waals surface area contributed by atoms with E-state index in [-0.39, 0.29) is 39.7 Å². The van der Waals surface area contributed by atoms with Crippen molar-refractivity contribution in [3.63, 3.8) is 0 Å². The van der Waals surface area contributed by atoms with Gasteiger partial charge < -0.3 is 51.3 Å². The molecule has 34 nitrogen and oxygen atoms in total. The van der Waals surface area contributed by atoms with E-state index in [0.29, 0.717) is 75.5 Å². The maximum atomic E-state index is 13.4. The van der Waals surface area contributed by atoms with Crippen LogP contribution in [0.1, 0.15) is 68.7 Å². The third kappa shape index (κ3) is 26.2. The van der Waals surface area contributed by atoms with Gasteiger partial charge in [0.25, 0.3) is 41.2 Å². The van der Waals surface area contributed by atoms with E-state index in [1.54, 1.807) is 105 Å². The first kappa shape index (κ1) is 100. The molecular weight excluding hydrogens is 1890 g/mol. The van der Waals surface area contributed by atoms with Crippen molar-refractivity contribution in [2.24, 2.45) is 0 Å². The third-order valence-electron chi connectivity index (χ3n) is 22.8. The molecule has 16 heterocycles. The number of halogens is 4. The van der Waals surface area contributed by atoms with Crippen molar-refractivity contribution in [1.29, 1.82) is 10.5 Å². The Labute approximate surface area is 845 Å². The van der Waals surface area contributed by atoms with Gasteiger partial charge in [0.05, 0.1) is 28.8 Å². The van der Waals surface area contributed by atoms with Gasteiger partial charge >= 0.3 is 6.18 Å². The molecule has 0 N–H and O–H groups in total. The molecule has 0 amide bonds. The first-order chi connectivity index (χ1) is 72.0. The van der Waals surface area contributed by atoms with E-state index in [9.17, 15) is 17.6 Å². The number of aromatic nitrogens is 21. The summed E-state index contributed by atoms with van der Waals surface area (Å²) in [5.74, 6) is 5.68. The van der Waals surface area contributed by atoms with Gasteiger partial charge in [-0.15, -0.1) is 0 Å². The molecule has 0 spiro atoms. The standard InChI is InChI=1S/2C17H16N4O.C17H17N3O.C15H7F3N4O.2C15H14N4O.C14H7FN4O/c1-2-12-21(11-1)15-5-3-14(4-6-15)17-19-16(20-22-17)13-7-9-18-10-8-13;1-2-11-21(10-1)15-5-3-4-14(12-15)17-19-16(20-22-17)13-6-8-18-9-7-13;1-17(2,3)14-6-4-5-13(11-14)16-19-15(20-21-16)12-7-9-18-10-8-12;16-15(17,18)12-6-9(8-19)5-11(7-12)14-21-13(22-23-14)10-1-3-20-4-2-10;1-19(2)13-5-3-12(4-6-13)15-17-14(18-20-15)11-7-9-16-10-8-11;1-19(2)13-5-3-4-12(10-13)15-17-14(18-20-15)11-6-8-16-9-7-11;15-12-6-9(8-16)5-11(7-12)14-18-13(19-20-14)10-1-3-17-4-2-10/h3-10H,1-2,11-12H2;3-9,12H,1-2,10-11H2;4-11H,1-3H3;1-7H;2*3-10H,1-2H3;1-7H. The largest absolute Gasteiger partial charge is 0.416 e. The molecule has 2 aliphatic rings. The third-order valence-corrected chi connectivity index (χ3v) is 22.8. The zero-order valence-electron chi connectivity index (χ0n) is 80.8. The van der Waals surface area contributed by atoms with E-state index in [0.717, 1.165) is 117 Å². The number of anilines is 4. The summed E-state index contributed by atoms with van der Waals surface area (Å²) in [6, 6.07) is 76.5. The highest BCUT2D eigenvalue weighted by molar-refractivity contribution is 5.71. The molecule has 0 atom stereocenters. The summed E-state index contributed by atoms with van der Waals surface area (Å²) < 4.78 is 89.0. The zero-order chi connectivity index (χ0) is 103. The molecule has 2 saturated heterocycles. The molecule has 736 valence electrons. The van der Waals surface area contributed by atoms with Crippen LogP contribution in [0.3, 0.4) is 0 Å². The lowest BCUT2D eigenvalue weighted by atomic mass is 9.86. The van der Waals surface area contributed by atoms with E-state index >= 15 is 0 Å². The summed E-state index contributed by atoms with van der Waals surface area (Å²) in [4.78, 5) is 67.1. The molecule has 14 aromatic heterocycles. The van der Waals surface area contributed by atoms with Crippen LogP contribution in [-0.4, -0.2) is 160 Å². The van der Waals surface area contributed by atoms with Crippen LogP contribution in [-0.2, 0) is 11.6 Å². The van der Waals surface area contributed by atoms with Crippen molar-refractivity contribution in [2.45, 2.75) is 58.0 Å². The normalized spacial score (nSPS) is 11.9. The van der Waals surface area contributed by atoms with Crippen molar-refractivity contribution in [2.75, 3.05) is 74.0 Å². The molecule has 7 aromatic carbocycles. The maximum absolute atomic E-state index is 13.4. The van der Waals surface area contributed by atoms with E-state index in [1.165, 1.54) is 73.2 Å². The Bertz CT molecular complexity index is 7950. The highest BCUT2D eigenvalue weighted by atomic mass is 19.4. The molecule has 148 heavy (non-hydrogen) atoms. The predicted molar refractivity (Wildman–Crippen MR) is 545 cm³/mol. The maximum Gasteiger partial charge on any atom is 0.416 e. The minimum Gasteiger partial charge on any atom is -0.378 e. The quantitative estimate of drug-likeness (QED) is 0.0720. The summed E-state index contributed by atoms with van der Waals surface area (Å²) in [7, 11) is 8.00. The molecule has 0 unspecified atom stereocenters. The van der Waals surface area contributed by atoms with Crippen LogP contribution in [0.4, 0.5) is 40.3 Å². The lowest BCUT2D eigenvalue weighted by Gasteiger charge is -2.19. The van der Waals surface area contributed by atoms with E-state index in [2.05, 4.69) is 173 Å². The second kappa shape index (κ2) is 47.4. The second-order valence-electron chi connectivity index (χ2n) is 34.6. The summed E-state index contributed by atoms with van der Waals surface area (Å²) in [6.07, 6.45) is 23.9. The fraction of sp³-hybridized carbons (Fsp3) is 0.155. The fourth-order valence-corrected chi connectivity index (χ4v) is 15.0. The van der Waals surface area contributed by atoms with Crippen LogP contribution in [0.2, 0.25) is 0 Å². The number of hydrogen-bond acceptors (Lipinski definition) is 34. The van der Waals surface area contributed by atoms with Crippen molar-refractivity contribution < 1.29 is 49.2 Å². The number of hydrogen-bond donors (Lipinski definition) is 0. The molecule has 0 aliphatic carbocycles. The van der Waals surface area contributed by atoms with Gasteiger partial charge in [0.1, 0.15) is 5.82 Å². The van der Waals surface area contributed by atoms with Gasteiger partial charge in [-0.3, -0.25) is 34.9 Å². The Hall–Kier alpha value is -19.5. The van der Waals surface area contributed by atoms with Gasteiger partial charge in [-0.05, 0) is 255 Å². The van der Waals surface area contributed by atoms with Gasteiger partial charge in [0.15, 0.2) is 0 Å². The fourth-order valence-electron chi connectivity index (χ4n) is 15.0. The Morgan fingerprint density at radius 1 is 0.270 bits per heavy atom. The van der Waals surface area contributed by atoms with E-state index < -0.39 is 17.6 Å². The first-order valence-electron chi connectivity index (χ1n) is 46.4. The van der Waals surface area contributed by atoms with E-state index in [4.69, 9.17) is 42.2 Å². The van der Waals surface area contributed by atoms with Crippen molar-refractivity contribution in [1.82, 2.24) is 106 Å². The minimum absolute atomic E-state index is 0.0316. The summed E-state index contributed by atoms with van der Waals surface area (Å²) in [5.41, 5.74) is 16.0. The Balaban J connectivity index is 0.000000118. The zero-order valence-corrected chi connectivity index (χ0v) is 80.8. The molecule has 2 fully saturated rings. The van der Waals surface area contributed by atoms with Crippen molar-refractivity contribution >= 4 is 22.7 Å². The first-order valence-corrected chi connectivity index (χ1v) is 46.4. The monoisotopic (exact) mass is 1980 g/mol. The summed E-state index contributed by atoms with van der Waals surface area (Å²) in [5, 5.41) is 45.4. The number of nitriles is 2. The predicted octanol–water partition coefficient (Wildman–Crippen LogP) is 23.1. The van der Waals surface area contributed by atoms with Gasteiger partial charge in [0, 0.05) is 242 Å². The van der Waals surface area contributed by atoms with Crippen LogP contribution >= 0.6 is 0 Å². The number of alkyl halides is 3. The molecule has 23 rings (SSSR count). The Kier molecular flexibility index (Phi) is 32.0. The molecular formula is C110H91F4N27O7. The van der Waals surface area contributed by atoms with Crippen LogP contribution in [0.25, 0.3) is 160 Å². The van der Waals surface area contributed by atoms with Crippen LogP contribution in [0.5, 0.6) is 0 Å². The van der Waals surface area contributed by atoms with Crippen LogP contribution in [0, 0.1) is 28.5 Å². The average molecular weight is 1980 g/mol. The summed E-state index contributed by atoms with van der Waals surface area (Å²) in [6.45, 7) is 11.1. The lowest BCUT2D eigenvalue weighted by Crippen LogP contribution is -2.17. The number of pyridine rings is 7. The summed E-state index contributed by atoms with van der Waals surface area (Å²) >= 11 is 0. The van der Waals surface area contributed by atoms with Crippen LogP contribution in [0.15, 0.2) is 361 Å². The Morgan fingerprint density at radius 2 is 0.554 bits per heavy atom. The van der Waals surface area contributed by atoms with Gasteiger partial charge in [-0.2, -0.15) is 58.6 Å². The number of nitrogens with zero attached hydrogens (tertiary/aromatic N) is 27. The van der Waals surface area contributed by atoms with Gasteiger partial charge in [-0.25, -0.2) is 4.39 Å². The molecule has 0 bridgehead atoms. The smallest absolute Gasteiger partial charge is 0.378 e. The SMILES string of the molecule is CC(C)(C)c1cccc(-c2nc(-c3ccncc3)no2)c1.CN(C)c1ccc(-c2nc(-c3ccncc3)no2)cc1.CN(C)c1cccc(-c2nc(-c3ccncc3)no2)c1.N#Cc1cc(-c2nc(-c3ccncc3)no2)cc(C(F)(F)F)c1.N#Cc1cc(F)cc(-c2nc(-c3ccncc3)no2)c1.c1cc(-c2nc(-c3ccncc3)no2)cc(N2CCCC2)c1.c1cc(-c2noc(-c3ccc(N4CCCC4)cc3)n2)ccn1. The Morgan fingerprint density at radius 3 is 0.885 bits per heavy atom.